The Morgan fingerprint density at radius 3 is 0.857 bits per heavy atom. The van der Waals surface area contributed by atoms with Crippen molar-refractivity contribution in [3.05, 3.63) is 31.5 Å². The van der Waals surface area contributed by atoms with Gasteiger partial charge in [-0.05, 0) is 110 Å². The molecule has 1 heterocycles. The lowest BCUT2D eigenvalue weighted by molar-refractivity contribution is 0.440. The third-order valence-corrected chi connectivity index (χ3v) is 11.4. The summed E-state index contributed by atoms with van der Waals surface area (Å²) >= 11 is 18.4. The van der Waals surface area contributed by atoms with E-state index in [9.17, 15) is 14.4 Å². The highest BCUT2D eigenvalue weighted by Crippen LogP contribution is 2.12. The quantitative estimate of drug-likeness (QED) is 0.0594. The molecule has 1 aromatic heterocycles. The Kier molecular flexibility index (Phi) is 27.9. The zero-order valence-corrected chi connectivity index (χ0v) is 30.9. The van der Waals surface area contributed by atoms with Crippen molar-refractivity contribution in [2.45, 2.75) is 116 Å². The second kappa shape index (κ2) is 28.9. The summed E-state index contributed by atoms with van der Waals surface area (Å²) in [7, 11) is 0. The fourth-order valence-corrected chi connectivity index (χ4v) is 8.05. The van der Waals surface area contributed by atoms with Crippen molar-refractivity contribution in [3.8, 4) is 0 Å². The van der Waals surface area contributed by atoms with Crippen LogP contribution in [0.15, 0.2) is 14.4 Å². The Morgan fingerprint density at radius 2 is 0.595 bits per heavy atom. The monoisotopic (exact) mass is 699 g/mol. The number of thioether (sulfide) groups is 3. The van der Waals surface area contributed by atoms with E-state index in [0.717, 1.165) is 71.0 Å². The van der Waals surface area contributed by atoms with Crippen LogP contribution >= 0.6 is 73.2 Å². The van der Waals surface area contributed by atoms with E-state index in [1.807, 2.05) is 35.3 Å². The first-order chi connectivity index (χ1) is 20.6. The van der Waals surface area contributed by atoms with E-state index >= 15 is 0 Å². The number of rotatable bonds is 30. The van der Waals surface area contributed by atoms with Gasteiger partial charge in [-0.25, -0.2) is 28.1 Å². The first-order valence-corrected chi connectivity index (χ1v) is 21.4. The van der Waals surface area contributed by atoms with Crippen LogP contribution in [0, 0.1) is 0 Å². The third-order valence-electron chi connectivity index (χ3n) is 6.99. The van der Waals surface area contributed by atoms with Gasteiger partial charge in [0.1, 0.15) is 0 Å². The van der Waals surface area contributed by atoms with E-state index in [2.05, 4.69) is 37.9 Å². The van der Waals surface area contributed by atoms with Crippen LogP contribution in [0.3, 0.4) is 0 Å². The van der Waals surface area contributed by atoms with Crippen LogP contribution in [-0.2, 0) is 19.6 Å². The molecular weight excluding hydrogens is 643 g/mol. The second-order valence-corrected chi connectivity index (χ2v) is 15.6. The maximum atomic E-state index is 13.3. The summed E-state index contributed by atoms with van der Waals surface area (Å²) < 4.78 is 3.95. The van der Waals surface area contributed by atoms with E-state index in [4.69, 9.17) is 0 Å². The van der Waals surface area contributed by atoms with Gasteiger partial charge in [0.15, 0.2) is 0 Å². The van der Waals surface area contributed by atoms with Gasteiger partial charge >= 0.3 is 17.1 Å². The van der Waals surface area contributed by atoms with E-state index in [0.29, 0.717) is 19.6 Å². The van der Waals surface area contributed by atoms with Gasteiger partial charge in [0, 0.05) is 19.6 Å². The van der Waals surface area contributed by atoms with Crippen LogP contribution in [0.25, 0.3) is 0 Å². The Labute approximate surface area is 284 Å². The predicted molar refractivity (Wildman–Crippen MR) is 202 cm³/mol. The zero-order chi connectivity index (χ0) is 30.7. The lowest BCUT2D eigenvalue weighted by Gasteiger charge is -2.14. The van der Waals surface area contributed by atoms with Crippen molar-refractivity contribution < 1.29 is 0 Å². The molecule has 0 fully saturated rings. The fraction of sp³-hybridized carbons (Fsp3) is 0.900. The van der Waals surface area contributed by atoms with Crippen molar-refractivity contribution >= 4 is 73.2 Å². The average molecular weight is 700 g/mol. The molecule has 0 spiro atoms. The van der Waals surface area contributed by atoms with E-state index in [1.165, 1.54) is 90.8 Å². The second-order valence-electron chi connectivity index (χ2n) is 10.6. The minimum Gasteiger partial charge on any atom is -0.247 e. The molecule has 1 aromatic rings. The molecular formula is C30H57N3O3S6. The Morgan fingerprint density at radius 1 is 0.357 bits per heavy atom. The molecule has 0 radical (unpaired) electrons. The maximum absolute atomic E-state index is 13.3. The SMILES string of the molecule is O=c1n(CCCSCCCCCCS)c(=O)n(CCCSCCCCCCS)c(=O)n1CCCSCCCCCCS. The number of hydrogen-bond acceptors (Lipinski definition) is 9. The van der Waals surface area contributed by atoms with Crippen LogP contribution in [0.4, 0.5) is 0 Å². The first-order valence-electron chi connectivity index (χ1n) is 16.1. The smallest absolute Gasteiger partial charge is 0.247 e. The number of unbranched alkanes of at least 4 members (excludes halogenated alkanes) is 9. The molecule has 246 valence electrons. The van der Waals surface area contributed by atoms with Gasteiger partial charge in [-0.2, -0.15) is 73.2 Å². The molecule has 42 heavy (non-hydrogen) atoms. The molecule has 0 saturated carbocycles. The highest BCUT2D eigenvalue weighted by Gasteiger charge is 2.15. The predicted octanol–water partition coefficient (Wildman–Crippen LogP) is 7.01. The Balaban J connectivity index is 2.70. The van der Waals surface area contributed by atoms with E-state index in [-0.39, 0.29) is 0 Å². The van der Waals surface area contributed by atoms with Gasteiger partial charge < -0.3 is 0 Å². The van der Waals surface area contributed by atoms with Crippen molar-refractivity contribution in [1.82, 2.24) is 13.7 Å². The highest BCUT2D eigenvalue weighted by atomic mass is 32.2. The number of thiol groups is 3. The largest absolute Gasteiger partial charge is 0.336 e. The molecule has 0 amide bonds. The van der Waals surface area contributed by atoms with Gasteiger partial charge in [0.25, 0.3) is 0 Å². The van der Waals surface area contributed by atoms with Gasteiger partial charge in [-0.1, -0.05) is 38.5 Å². The molecule has 0 aliphatic rings. The summed E-state index contributed by atoms with van der Waals surface area (Å²) in [4.78, 5) is 39.9. The van der Waals surface area contributed by atoms with Crippen molar-refractivity contribution in [2.24, 2.45) is 0 Å². The summed E-state index contributed by atoms with van der Waals surface area (Å²) in [5.41, 5.74) is -1.32. The molecule has 0 saturated heterocycles. The fourth-order valence-electron chi connectivity index (χ4n) is 4.55. The van der Waals surface area contributed by atoms with Crippen LogP contribution in [0.5, 0.6) is 0 Å². The molecule has 0 aromatic carbocycles. The van der Waals surface area contributed by atoms with E-state index in [1.54, 1.807) is 0 Å². The summed E-state index contributed by atoms with van der Waals surface area (Å²) in [6.45, 7) is 1.10. The summed E-state index contributed by atoms with van der Waals surface area (Å²) in [6.07, 6.45) is 16.7. The first kappa shape index (κ1) is 40.5. The zero-order valence-electron chi connectivity index (χ0n) is 25.7. The highest BCUT2D eigenvalue weighted by molar-refractivity contribution is 7.99. The minimum atomic E-state index is -0.439. The number of aromatic nitrogens is 3. The standard InChI is InChI=1S/C30H57N3O3S6/c34-28-31(16-13-25-40-22-10-4-1-7-19-37)29(35)33(18-15-27-42-24-12-6-3-9-21-39)30(36)32(28)17-14-26-41-23-11-5-2-8-20-38/h37-39H,1-27H2. The number of nitrogens with zero attached hydrogens (tertiary/aromatic N) is 3. The summed E-state index contributed by atoms with van der Waals surface area (Å²) in [5.74, 6) is 8.89. The lowest BCUT2D eigenvalue weighted by Crippen LogP contribution is -2.54. The minimum absolute atomic E-state index is 0.368. The lowest BCUT2D eigenvalue weighted by atomic mass is 10.2. The topological polar surface area (TPSA) is 66.0 Å². The van der Waals surface area contributed by atoms with Crippen molar-refractivity contribution in [1.29, 1.82) is 0 Å². The molecule has 6 nitrogen and oxygen atoms in total. The van der Waals surface area contributed by atoms with Gasteiger partial charge in [-0.15, -0.1) is 0 Å². The van der Waals surface area contributed by atoms with Crippen molar-refractivity contribution in [2.75, 3.05) is 51.8 Å². The van der Waals surface area contributed by atoms with Crippen molar-refractivity contribution in [3.63, 3.8) is 0 Å². The van der Waals surface area contributed by atoms with E-state index < -0.39 is 17.1 Å². The molecule has 0 aliphatic heterocycles. The average Bonchev–Trinajstić information content (AvgIpc) is 2.99. The molecule has 12 heteroatoms. The van der Waals surface area contributed by atoms with Crippen LogP contribution in [0.1, 0.15) is 96.3 Å². The van der Waals surface area contributed by atoms with Gasteiger partial charge in [-0.3, -0.25) is 0 Å². The number of hydrogen-bond donors (Lipinski definition) is 3. The van der Waals surface area contributed by atoms with Crippen LogP contribution in [0.2, 0.25) is 0 Å². The van der Waals surface area contributed by atoms with Crippen LogP contribution < -0.4 is 17.1 Å². The molecule has 1 rings (SSSR count). The molecule has 0 aliphatic carbocycles. The summed E-state index contributed by atoms with van der Waals surface area (Å²) in [6, 6.07) is 0. The molecule has 0 bridgehead atoms. The molecule has 0 atom stereocenters. The third kappa shape index (κ3) is 19.1. The molecule has 0 unspecified atom stereocenters. The molecule has 0 N–H and O–H groups in total. The Bertz CT molecular complexity index is 804. The Hall–Kier alpha value is 0.510. The maximum Gasteiger partial charge on any atom is 0.336 e. The summed E-state index contributed by atoms with van der Waals surface area (Å²) in [5, 5.41) is 0. The van der Waals surface area contributed by atoms with Crippen LogP contribution in [-0.4, -0.2) is 65.5 Å². The van der Waals surface area contributed by atoms with Gasteiger partial charge in [0.05, 0.1) is 0 Å². The normalized spacial score (nSPS) is 11.5. The van der Waals surface area contributed by atoms with Gasteiger partial charge in [0.2, 0.25) is 0 Å².